The summed E-state index contributed by atoms with van der Waals surface area (Å²) in [5.74, 6) is 1.60. The maximum absolute atomic E-state index is 13.3. The number of hydrogen-bond acceptors (Lipinski definition) is 5. The van der Waals surface area contributed by atoms with Gasteiger partial charge in [0.15, 0.2) is 0 Å². The third-order valence-corrected chi connectivity index (χ3v) is 6.81. The Morgan fingerprint density at radius 1 is 1.06 bits per heavy atom. The number of nitriles is 1. The molecule has 3 heterocycles. The van der Waals surface area contributed by atoms with E-state index in [2.05, 4.69) is 29.8 Å². The molecular formula is C29H29N5O2. The largest absolute Gasteiger partial charge is 0.496 e. The maximum atomic E-state index is 13.3. The van der Waals surface area contributed by atoms with E-state index in [0.717, 1.165) is 33.5 Å². The van der Waals surface area contributed by atoms with Crippen molar-refractivity contribution in [1.29, 1.82) is 5.26 Å². The lowest BCUT2D eigenvalue weighted by molar-refractivity contribution is 0.0748. The Labute approximate surface area is 210 Å². The molecule has 5 rings (SSSR count). The summed E-state index contributed by atoms with van der Waals surface area (Å²) >= 11 is 0. The van der Waals surface area contributed by atoms with Crippen molar-refractivity contribution in [1.82, 2.24) is 14.9 Å². The van der Waals surface area contributed by atoms with Crippen molar-refractivity contribution < 1.29 is 9.53 Å². The molecule has 0 bridgehead atoms. The first-order valence-electron chi connectivity index (χ1n) is 12.2. The van der Waals surface area contributed by atoms with E-state index in [1.165, 1.54) is 0 Å². The molecule has 7 nitrogen and oxygen atoms in total. The number of H-pyrrole nitrogens is 1. The third kappa shape index (κ3) is 4.16. The second kappa shape index (κ2) is 9.74. The van der Waals surface area contributed by atoms with Gasteiger partial charge < -0.3 is 19.5 Å². The summed E-state index contributed by atoms with van der Waals surface area (Å²) in [4.78, 5) is 25.4. The number of carbonyl (C=O) groups excluding carboxylic acids is 1. The average Bonchev–Trinajstić information content (AvgIpc) is 3.36. The third-order valence-electron chi connectivity index (χ3n) is 6.81. The zero-order chi connectivity index (χ0) is 25.2. The van der Waals surface area contributed by atoms with E-state index in [0.29, 0.717) is 43.1 Å². The van der Waals surface area contributed by atoms with Crippen LogP contribution in [0.3, 0.4) is 0 Å². The molecule has 1 aliphatic rings. The van der Waals surface area contributed by atoms with Gasteiger partial charge in [0.1, 0.15) is 23.2 Å². The highest BCUT2D eigenvalue weighted by Gasteiger charge is 2.28. The number of fused-ring (bicyclic) bond motifs is 1. The number of carbonyl (C=O) groups is 1. The molecule has 1 N–H and O–H groups in total. The van der Waals surface area contributed by atoms with Crippen molar-refractivity contribution in [2.75, 3.05) is 38.2 Å². The topological polar surface area (TPSA) is 85.2 Å². The molecule has 182 valence electrons. The van der Waals surface area contributed by atoms with Crippen molar-refractivity contribution in [3.8, 4) is 22.9 Å². The molecule has 4 aromatic rings. The Hall–Kier alpha value is -4.31. The number of ether oxygens (including phenoxy) is 1. The molecule has 0 saturated carbocycles. The molecule has 0 atom stereocenters. The quantitative estimate of drug-likeness (QED) is 0.425. The number of aromatic amines is 1. The van der Waals surface area contributed by atoms with Gasteiger partial charge >= 0.3 is 0 Å². The van der Waals surface area contributed by atoms with Gasteiger partial charge in [-0.05, 0) is 24.1 Å². The SMILES string of the molecule is COc1ccccc1-c1cc(C(C)C)nc(N2CCN(C(=O)c3c[nH]c4ccccc34)CC2)c1C#N. The number of aromatic nitrogens is 2. The Morgan fingerprint density at radius 3 is 2.50 bits per heavy atom. The van der Waals surface area contributed by atoms with Gasteiger partial charge in [0.2, 0.25) is 0 Å². The number of rotatable bonds is 5. The maximum Gasteiger partial charge on any atom is 0.256 e. The molecule has 2 aromatic carbocycles. The molecular weight excluding hydrogens is 450 g/mol. The number of hydrogen-bond donors (Lipinski definition) is 1. The number of amides is 1. The average molecular weight is 480 g/mol. The van der Waals surface area contributed by atoms with E-state index >= 15 is 0 Å². The molecule has 1 fully saturated rings. The summed E-state index contributed by atoms with van der Waals surface area (Å²) in [6.45, 7) is 6.51. The number of methoxy groups -OCH3 is 1. The zero-order valence-electron chi connectivity index (χ0n) is 20.8. The van der Waals surface area contributed by atoms with Crippen LogP contribution in [-0.4, -0.2) is 54.1 Å². The van der Waals surface area contributed by atoms with Crippen LogP contribution in [0.15, 0.2) is 60.8 Å². The lowest BCUT2D eigenvalue weighted by Gasteiger charge is -2.36. The second-order valence-electron chi connectivity index (χ2n) is 9.29. The molecule has 0 unspecified atom stereocenters. The summed E-state index contributed by atoms with van der Waals surface area (Å²) in [6.07, 6.45) is 1.79. The van der Waals surface area contributed by atoms with Crippen molar-refractivity contribution in [2.45, 2.75) is 19.8 Å². The lowest BCUT2D eigenvalue weighted by atomic mass is 9.96. The minimum Gasteiger partial charge on any atom is -0.496 e. The van der Waals surface area contributed by atoms with Crippen LogP contribution in [0.4, 0.5) is 5.82 Å². The van der Waals surface area contributed by atoms with Crippen molar-refractivity contribution >= 4 is 22.6 Å². The monoisotopic (exact) mass is 479 g/mol. The summed E-state index contributed by atoms with van der Waals surface area (Å²) < 4.78 is 5.60. The fraction of sp³-hybridized carbons (Fsp3) is 0.276. The van der Waals surface area contributed by atoms with Crippen LogP contribution in [0.25, 0.3) is 22.0 Å². The van der Waals surface area contributed by atoms with Crippen LogP contribution in [0.2, 0.25) is 0 Å². The normalized spacial score (nSPS) is 13.8. The predicted molar refractivity (Wildman–Crippen MR) is 141 cm³/mol. The molecule has 36 heavy (non-hydrogen) atoms. The molecule has 0 spiro atoms. The molecule has 1 aliphatic heterocycles. The van der Waals surface area contributed by atoms with Gasteiger partial charge in [-0.25, -0.2) is 4.98 Å². The first-order valence-corrected chi connectivity index (χ1v) is 12.2. The Balaban J connectivity index is 1.46. The summed E-state index contributed by atoms with van der Waals surface area (Å²) in [6, 6.07) is 20.0. The van der Waals surface area contributed by atoms with Crippen LogP contribution in [0.1, 0.15) is 41.4 Å². The highest BCUT2D eigenvalue weighted by molar-refractivity contribution is 6.06. The van der Waals surface area contributed by atoms with Gasteiger partial charge in [0.05, 0.1) is 12.7 Å². The van der Waals surface area contributed by atoms with E-state index in [1.54, 1.807) is 13.3 Å². The molecule has 7 heteroatoms. The standard InChI is InChI=1S/C29H29N5O2/c1-19(2)26-16-22(21-9-5-7-11-27(21)36-3)23(17-30)28(32-26)33-12-14-34(15-13-33)29(35)24-18-31-25-10-6-4-8-20(24)25/h4-11,16,18-19,31H,12-15H2,1-3H3. The smallest absolute Gasteiger partial charge is 0.256 e. The van der Waals surface area contributed by atoms with E-state index in [9.17, 15) is 10.1 Å². The fourth-order valence-electron chi connectivity index (χ4n) is 4.81. The molecule has 0 radical (unpaired) electrons. The summed E-state index contributed by atoms with van der Waals surface area (Å²) in [5.41, 5.74) is 4.78. The number of para-hydroxylation sites is 2. The minimum absolute atomic E-state index is 0.0196. The summed E-state index contributed by atoms with van der Waals surface area (Å²) in [5, 5.41) is 11.2. The number of piperazine rings is 1. The summed E-state index contributed by atoms with van der Waals surface area (Å²) in [7, 11) is 1.64. The van der Waals surface area contributed by atoms with Crippen LogP contribution >= 0.6 is 0 Å². The van der Waals surface area contributed by atoms with E-state index < -0.39 is 0 Å². The molecule has 0 aliphatic carbocycles. The number of benzene rings is 2. The number of nitrogens with zero attached hydrogens (tertiary/aromatic N) is 4. The van der Waals surface area contributed by atoms with Gasteiger partial charge in [-0.15, -0.1) is 0 Å². The van der Waals surface area contributed by atoms with Crippen LogP contribution in [-0.2, 0) is 0 Å². The predicted octanol–water partition coefficient (Wildman–Crippen LogP) is 5.20. The van der Waals surface area contributed by atoms with Crippen LogP contribution in [0.5, 0.6) is 5.75 Å². The van der Waals surface area contributed by atoms with E-state index in [4.69, 9.17) is 9.72 Å². The van der Waals surface area contributed by atoms with Gasteiger partial charge in [0.25, 0.3) is 5.91 Å². The van der Waals surface area contributed by atoms with Crippen LogP contribution in [0, 0.1) is 11.3 Å². The number of anilines is 1. The van der Waals surface area contributed by atoms with Crippen LogP contribution < -0.4 is 9.64 Å². The number of pyridine rings is 1. The van der Waals surface area contributed by atoms with Crippen molar-refractivity contribution in [3.05, 3.63) is 77.6 Å². The second-order valence-corrected chi connectivity index (χ2v) is 9.29. The Morgan fingerprint density at radius 2 is 1.78 bits per heavy atom. The fourth-order valence-corrected chi connectivity index (χ4v) is 4.81. The zero-order valence-corrected chi connectivity index (χ0v) is 20.8. The first-order chi connectivity index (χ1) is 17.5. The lowest BCUT2D eigenvalue weighted by Crippen LogP contribution is -2.49. The van der Waals surface area contributed by atoms with E-state index in [-0.39, 0.29) is 11.8 Å². The molecule has 1 amide bonds. The van der Waals surface area contributed by atoms with Gasteiger partial charge in [-0.3, -0.25) is 4.79 Å². The highest BCUT2D eigenvalue weighted by atomic mass is 16.5. The Bertz CT molecular complexity index is 1460. The van der Waals surface area contributed by atoms with Gasteiger partial charge in [-0.2, -0.15) is 5.26 Å². The molecule has 2 aromatic heterocycles. The minimum atomic E-state index is 0.0196. The van der Waals surface area contributed by atoms with Crippen molar-refractivity contribution in [2.24, 2.45) is 0 Å². The highest BCUT2D eigenvalue weighted by Crippen LogP contribution is 2.37. The Kier molecular flexibility index (Phi) is 6.34. The molecule has 1 saturated heterocycles. The van der Waals surface area contributed by atoms with E-state index in [1.807, 2.05) is 59.5 Å². The first kappa shape index (κ1) is 23.4. The van der Waals surface area contributed by atoms with Gasteiger partial charge in [-0.1, -0.05) is 50.2 Å². The van der Waals surface area contributed by atoms with Gasteiger partial charge in [0, 0.05) is 60.1 Å². The number of nitrogens with one attached hydrogen (secondary N) is 1. The van der Waals surface area contributed by atoms with Crippen molar-refractivity contribution in [3.63, 3.8) is 0 Å².